The Morgan fingerprint density at radius 1 is 1.50 bits per heavy atom. The molecule has 80 valence electrons. The van der Waals surface area contributed by atoms with Crippen LogP contribution in [0, 0.1) is 18.3 Å². The summed E-state index contributed by atoms with van der Waals surface area (Å²) in [5.74, 6) is 0.725. The monoisotopic (exact) mass is 213 g/mol. The second-order valence-electron chi connectivity index (χ2n) is 3.47. The molecule has 1 aromatic heterocycles. The zero-order valence-corrected chi connectivity index (χ0v) is 8.78. The van der Waals surface area contributed by atoms with Gasteiger partial charge in [-0.2, -0.15) is 10.4 Å². The van der Waals surface area contributed by atoms with E-state index in [1.165, 1.54) is 0 Å². The molecule has 2 rings (SSSR count). The lowest BCUT2D eigenvalue weighted by Crippen LogP contribution is -1.94. The number of hydrogen-bond acceptors (Lipinski definition) is 4. The average Bonchev–Trinajstić information content (AvgIpc) is 2.59. The van der Waals surface area contributed by atoms with Crippen LogP contribution in [0.5, 0.6) is 0 Å². The van der Waals surface area contributed by atoms with E-state index in [4.69, 9.17) is 11.0 Å². The first-order valence-electron chi connectivity index (χ1n) is 4.78. The molecule has 2 aromatic rings. The van der Waals surface area contributed by atoms with Crippen molar-refractivity contribution in [1.82, 2.24) is 10.2 Å². The first-order chi connectivity index (χ1) is 7.70. The number of H-pyrrole nitrogens is 1. The van der Waals surface area contributed by atoms with Crippen LogP contribution < -0.4 is 11.1 Å². The van der Waals surface area contributed by atoms with E-state index in [1.54, 1.807) is 0 Å². The van der Waals surface area contributed by atoms with Crippen LogP contribution in [0.25, 0.3) is 0 Å². The standard InChI is InChI=1S/C11H11N5/c1-7-3-2-4-8(5-7)14-11-9(6-12)10(13)15-16-11/h2-5H,1H3,(H4,13,14,15,16). The number of rotatable bonds is 2. The van der Waals surface area contributed by atoms with E-state index in [0.29, 0.717) is 11.4 Å². The normalized spacial score (nSPS) is 9.75. The second-order valence-corrected chi connectivity index (χ2v) is 3.47. The summed E-state index contributed by atoms with van der Waals surface area (Å²) in [6.45, 7) is 2.00. The lowest BCUT2D eigenvalue weighted by atomic mass is 10.2. The molecule has 1 aromatic carbocycles. The molecule has 0 aliphatic heterocycles. The van der Waals surface area contributed by atoms with Gasteiger partial charge in [-0.15, -0.1) is 0 Å². The molecule has 0 amide bonds. The number of nitrogens with zero attached hydrogens (tertiary/aromatic N) is 2. The molecule has 0 atom stereocenters. The number of nitriles is 1. The molecule has 0 radical (unpaired) electrons. The minimum atomic E-state index is 0.276. The summed E-state index contributed by atoms with van der Waals surface area (Å²) in [5.41, 5.74) is 7.90. The SMILES string of the molecule is Cc1cccc(Nc2n[nH]c(N)c2C#N)c1. The Morgan fingerprint density at radius 2 is 2.31 bits per heavy atom. The summed E-state index contributed by atoms with van der Waals surface area (Å²) >= 11 is 0. The fraction of sp³-hybridized carbons (Fsp3) is 0.0909. The highest BCUT2D eigenvalue weighted by Crippen LogP contribution is 2.21. The summed E-state index contributed by atoms with van der Waals surface area (Å²) < 4.78 is 0. The summed E-state index contributed by atoms with van der Waals surface area (Å²) in [5, 5.41) is 18.4. The average molecular weight is 213 g/mol. The van der Waals surface area contributed by atoms with Crippen molar-refractivity contribution in [1.29, 1.82) is 5.26 Å². The van der Waals surface area contributed by atoms with Crippen LogP contribution in [0.2, 0.25) is 0 Å². The van der Waals surface area contributed by atoms with Gasteiger partial charge in [-0.3, -0.25) is 5.10 Å². The number of aromatic amines is 1. The van der Waals surface area contributed by atoms with Gasteiger partial charge in [0.15, 0.2) is 5.82 Å². The lowest BCUT2D eigenvalue weighted by molar-refractivity contribution is 1.10. The minimum absolute atomic E-state index is 0.276. The van der Waals surface area contributed by atoms with Gasteiger partial charge in [-0.1, -0.05) is 12.1 Å². The van der Waals surface area contributed by atoms with Gasteiger partial charge in [0.1, 0.15) is 17.5 Å². The quantitative estimate of drug-likeness (QED) is 0.710. The zero-order valence-electron chi connectivity index (χ0n) is 8.78. The Labute approximate surface area is 92.9 Å². The van der Waals surface area contributed by atoms with Crippen molar-refractivity contribution in [3.05, 3.63) is 35.4 Å². The molecule has 0 bridgehead atoms. The Morgan fingerprint density at radius 3 is 3.00 bits per heavy atom. The largest absolute Gasteiger partial charge is 0.383 e. The topological polar surface area (TPSA) is 90.5 Å². The molecule has 0 saturated carbocycles. The second kappa shape index (κ2) is 3.95. The van der Waals surface area contributed by atoms with Gasteiger partial charge in [0.05, 0.1) is 0 Å². The summed E-state index contributed by atoms with van der Waals surface area (Å²) in [6, 6.07) is 9.79. The van der Waals surface area contributed by atoms with Crippen LogP contribution in [-0.2, 0) is 0 Å². The van der Waals surface area contributed by atoms with Crippen LogP contribution in [0.15, 0.2) is 24.3 Å². The summed E-state index contributed by atoms with van der Waals surface area (Å²) in [7, 11) is 0. The Hall–Kier alpha value is -2.48. The number of nitrogens with two attached hydrogens (primary N) is 1. The van der Waals surface area contributed by atoms with Crippen molar-refractivity contribution < 1.29 is 0 Å². The van der Waals surface area contributed by atoms with Crippen molar-refractivity contribution in [3.8, 4) is 6.07 Å². The zero-order chi connectivity index (χ0) is 11.5. The number of aromatic nitrogens is 2. The van der Waals surface area contributed by atoms with Crippen molar-refractivity contribution in [2.24, 2.45) is 0 Å². The minimum Gasteiger partial charge on any atom is -0.383 e. The third kappa shape index (κ3) is 1.81. The number of aryl methyl sites for hydroxylation is 1. The number of benzene rings is 1. The summed E-state index contributed by atoms with van der Waals surface area (Å²) in [4.78, 5) is 0. The first-order valence-corrected chi connectivity index (χ1v) is 4.78. The smallest absolute Gasteiger partial charge is 0.172 e. The molecular weight excluding hydrogens is 202 g/mol. The van der Waals surface area contributed by atoms with Crippen molar-refractivity contribution in [3.63, 3.8) is 0 Å². The molecule has 5 heteroatoms. The van der Waals surface area contributed by atoms with E-state index in [9.17, 15) is 0 Å². The molecule has 0 fully saturated rings. The van der Waals surface area contributed by atoms with Crippen LogP contribution in [0.1, 0.15) is 11.1 Å². The van der Waals surface area contributed by atoms with E-state index in [2.05, 4.69) is 15.5 Å². The Balaban J connectivity index is 2.31. The fourth-order valence-corrected chi connectivity index (χ4v) is 1.42. The van der Waals surface area contributed by atoms with E-state index in [-0.39, 0.29) is 5.82 Å². The molecule has 1 heterocycles. The lowest BCUT2D eigenvalue weighted by Gasteiger charge is -2.03. The van der Waals surface area contributed by atoms with Crippen LogP contribution in [0.3, 0.4) is 0 Å². The predicted molar refractivity (Wildman–Crippen MR) is 62.2 cm³/mol. The van der Waals surface area contributed by atoms with Crippen molar-refractivity contribution in [2.75, 3.05) is 11.1 Å². The van der Waals surface area contributed by atoms with E-state index < -0.39 is 0 Å². The number of nitrogens with one attached hydrogen (secondary N) is 2. The van der Waals surface area contributed by atoms with Crippen LogP contribution in [0.4, 0.5) is 17.3 Å². The van der Waals surface area contributed by atoms with Gasteiger partial charge in [-0.05, 0) is 24.6 Å². The van der Waals surface area contributed by atoms with Gasteiger partial charge in [0.2, 0.25) is 0 Å². The van der Waals surface area contributed by atoms with Crippen molar-refractivity contribution >= 4 is 17.3 Å². The Kier molecular flexibility index (Phi) is 2.48. The molecule has 5 nitrogen and oxygen atoms in total. The molecule has 4 N–H and O–H groups in total. The maximum Gasteiger partial charge on any atom is 0.172 e. The van der Waals surface area contributed by atoms with Gasteiger partial charge in [-0.25, -0.2) is 0 Å². The fourth-order valence-electron chi connectivity index (χ4n) is 1.42. The number of anilines is 3. The van der Waals surface area contributed by atoms with E-state index in [0.717, 1.165) is 11.3 Å². The molecule has 16 heavy (non-hydrogen) atoms. The van der Waals surface area contributed by atoms with Crippen LogP contribution in [-0.4, -0.2) is 10.2 Å². The third-order valence-corrected chi connectivity index (χ3v) is 2.19. The van der Waals surface area contributed by atoms with Gasteiger partial charge < -0.3 is 11.1 Å². The summed E-state index contributed by atoms with van der Waals surface area (Å²) in [6.07, 6.45) is 0. The van der Waals surface area contributed by atoms with E-state index in [1.807, 2.05) is 37.3 Å². The van der Waals surface area contributed by atoms with Crippen molar-refractivity contribution in [2.45, 2.75) is 6.92 Å². The first kappa shape index (κ1) is 10.1. The molecular formula is C11H11N5. The third-order valence-electron chi connectivity index (χ3n) is 2.19. The molecule has 0 unspecified atom stereocenters. The number of nitrogen functional groups attached to an aromatic ring is 1. The van der Waals surface area contributed by atoms with Gasteiger partial charge in [0.25, 0.3) is 0 Å². The predicted octanol–water partition coefficient (Wildman–Crippen LogP) is 1.92. The van der Waals surface area contributed by atoms with Gasteiger partial charge >= 0.3 is 0 Å². The van der Waals surface area contributed by atoms with Crippen LogP contribution >= 0.6 is 0 Å². The highest BCUT2D eigenvalue weighted by atomic mass is 15.2. The molecule has 0 saturated heterocycles. The number of hydrogen-bond donors (Lipinski definition) is 3. The molecule has 0 aliphatic rings. The highest BCUT2D eigenvalue weighted by molar-refractivity contribution is 5.68. The maximum atomic E-state index is 8.89. The van der Waals surface area contributed by atoms with Gasteiger partial charge in [0, 0.05) is 5.69 Å². The maximum absolute atomic E-state index is 8.89. The molecule has 0 aliphatic carbocycles. The van der Waals surface area contributed by atoms with E-state index >= 15 is 0 Å². The highest BCUT2D eigenvalue weighted by Gasteiger charge is 2.09. The Bertz CT molecular complexity index is 550. The molecule has 0 spiro atoms.